The first-order chi connectivity index (χ1) is 10.9. The second-order valence-electron chi connectivity index (χ2n) is 4.92. The number of carbonyl (C=O) groups is 1. The second-order valence-corrected chi connectivity index (χ2v) is 4.92. The lowest BCUT2D eigenvalue weighted by Gasteiger charge is -2.11. The van der Waals surface area contributed by atoms with Crippen LogP contribution in [-0.2, 0) is 11.2 Å². The molecule has 1 amide bonds. The maximum Gasteiger partial charge on any atom is 0.273 e. The van der Waals surface area contributed by atoms with E-state index in [1.54, 1.807) is 38.3 Å². The van der Waals surface area contributed by atoms with Crippen LogP contribution in [0.3, 0.4) is 0 Å². The van der Waals surface area contributed by atoms with Gasteiger partial charge in [-0.05, 0) is 42.8 Å². The second kappa shape index (κ2) is 6.78. The van der Waals surface area contributed by atoms with Crippen molar-refractivity contribution >= 4 is 11.6 Å². The van der Waals surface area contributed by atoms with E-state index in [0.717, 1.165) is 0 Å². The van der Waals surface area contributed by atoms with Gasteiger partial charge in [-0.2, -0.15) is 0 Å². The van der Waals surface area contributed by atoms with E-state index in [9.17, 15) is 14.9 Å². The summed E-state index contributed by atoms with van der Waals surface area (Å²) in [6.45, 7) is 1.69. The van der Waals surface area contributed by atoms with Crippen molar-refractivity contribution in [3.05, 3.63) is 57.6 Å². The van der Waals surface area contributed by atoms with Crippen LogP contribution in [0.5, 0.6) is 17.2 Å². The molecule has 0 unspecified atom stereocenters. The highest BCUT2D eigenvalue weighted by Gasteiger charge is 2.19. The smallest absolute Gasteiger partial charge is 0.273 e. The summed E-state index contributed by atoms with van der Waals surface area (Å²) < 4.78 is 10.8. The minimum Gasteiger partial charge on any atom is -0.497 e. The van der Waals surface area contributed by atoms with E-state index in [0.29, 0.717) is 22.8 Å². The highest BCUT2D eigenvalue weighted by molar-refractivity contribution is 5.78. The number of aryl methyl sites for hydroxylation is 1. The van der Waals surface area contributed by atoms with Gasteiger partial charge in [0.15, 0.2) is 0 Å². The highest BCUT2D eigenvalue weighted by atomic mass is 16.6. The average Bonchev–Trinajstić information content (AvgIpc) is 2.50. The predicted octanol–water partition coefficient (Wildman–Crippen LogP) is 2.73. The Balaban J connectivity index is 2.37. The number of nitrogens with zero attached hydrogens (tertiary/aromatic N) is 1. The summed E-state index contributed by atoms with van der Waals surface area (Å²) in [6, 6.07) is 9.75. The lowest BCUT2D eigenvalue weighted by molar-refractivity contribution is -0.385. The number of nitro groups is 1. The Hall–Kier alpha value is -3.09. The minimum atomic E-state index is -0.646. The van der Waals surface area contributed by atoms with Gasteiger partial charge >= 0.3 is 0 Å². The van der Waals surface area contributed by atoms with Crippen molar-refractivity contribution in [2.24, 2.45) is 5.73 Å². The molecule has 0 saturated heterocycles. The van der Waals surface area contributed by atoms with E-state index < -0.39 is 10.8 Å². The first-order valence-corrected chi connectivity index (χ1v) is 6.79. The lowest BCUT2D eigenvalue weighted by atomic mass is 10.1. The fraction of sp³-hybridized carbons (Fsp3) is 0.188. The van der Waals surface area contributed by atoms with Crippen molar-refractivity contribution in [2.75, 3.05) is 7.11 Å². The summed E-state index contributed by atoms with van der Waals surface area (Å²) in [7, 11) is 1.56. The number of primary amides is 1. The molecule has 0 heterocycles. The predicted molar refractivity (Wildman–Crippen MR) is 83.8 cm³/mol. The van der Waals surface area contributed by atoms with Gasteiger partial charge in [0.25, 0.3) is 5.69 Å². The van der Waals surface area contributed by atoms with Gasteiger partial charge in [-0.3, -0.25) is 14.9 Å². The molecule has 0 saturated carbocycles. The van der Waals surface area contributed by atoms with Crippen LogP contribution in [0, 0.1) is 17.0 Å². The molecular formula is C16H16N2O5. The summed E-state index contributed by atoms with van der Waals surface area (Å²) in [5.41, 5.74) is 5.80. The molecule has 0 aliphatic rings. The first kappa shape index (κ1) is 16.3. The molecule has 0 bridgehead atoms. The molecular weight excluding hydrogens is 300 g/mol. The summed E-state index contributed by atoms with van der Waals surface area (Å²) >= 11 is 0. The third-order valence-corrected chi connectivity index (χ3v) is 3.22. The fourth-order valence-electron chi connectivity index (χ4n) is 2.09. The van der Waals surface area contributed by atoms with Crippen LogP contribution < -0.4 is 15.2 Å². The molecule has 0 aromatic heterocycles. The van der Waals surface area contributed by atoms with Gasteiger partial charge in [-0.1, -0.05) is 0 Å². The number of nitrogens with two attached hydrogens (primary N) is 1. The third kappa shape index (κ3) is 3.97. The number of carbonyl (C=O) groups excluding carboxylic acids is 1. The van der Waals surface area contributed by atoms with E-state index in [4.69, 9.17) is 15.2 Å². The maximum atomic E-state index is 11.1. The van der Waals surface area contributed by atoms with Gasteiger partial charge < -0.3 is 15.2 Å². The summed E-state index contributed by atoms with van der Waals surface area (Å²) in [6.07, 6.45) is -0.227. The maximum absolute atomic E-state index is 11.1. The number of amides is 1. The van der Waals surface area contributed by atoms with E-state index in [2.05, 4.69) is 0 Å². The zero-order valence-electron chi connectivity index (χ0n) is 12.7. The largest absolute Gasteiger partial charge is 0.497 e. The molecule has 7 nitrogen and oxygen atoms in total. The quantitative estimate of drug-likeness (QED) is 0.651. The number of hydrogen-bond donors (Lipinski definition) is 1. The molecule has 2 N–H and O–H groups in total. The van der Waals surface area contributed by atoms with Gasteiger partial charge in [0.1, 0.15) is 17.2 Å². The molecule has 0 radical (unpaired) electrons. The lowest BCUT2D eigenvalue weighted by Crippen LogP contribution is -2.15. The number of hydrogen-bond acceptors (Lipinski definition) is 5. The average molecular weight is 316 g/mol. The van der Waals surface area contributed by atoms with Crippen molar-refractivity contribution in [3.63, 3.8) is 0 Å². The Morgan fingerprint density at radius 3 is 2.35 bits per heavy atom. The molecule has 0 spiro atoms. The van der Waals surface area contributed by atoms with E-state index in [-0.39, 0.29) is 17.7 Å². The van der Waals surface area contributed by atoms with Gasteiger partial charge in [-0.15, -0.1) is 0 Å². The fourth-order valence-corrected chi connectivity index (χ4v) is 2.09. The Bertz CT molecular complexity index is 741. The van der Waals surface area contributed by atoms with Crippen molar-refractivity contribution in [3.8, 4) is 17.2 Å². The molecule has 120 valence electrons. The van der Waals surface area contributed by atoms with Crippen molar-refractivity contribution < 1.29 is 19.2 Å². The Labute approximate surface area is 132 Å². The Kier molecular flexibility index (Phi) is 4.80. The summed E-state index contributed by atoms with van der Waals surface area (Å²) in [4.78, 5) is 21.7. The van der Waals surface area contributed by atoms with Crippen LogP contribution in [0.25, 0.3) is 0 Å². The normalized spacial score (nSPS) is 10.2. The highest BCUT2D eigenvalue weighted by Crippen LogP contribution is 2.32. The molecule has 2 aromatic carbocycles. The molecule has 0 aliphatic carbocycles. The van der Waals surface area contributed by atoms with Gasteiger partial charge in [-0.25, -0.2) is 0 Å². The summed E-state index contributed by atoms with van der Waals surface area (Å²) in [5, 5.41) is 11.1. The molecule has 0 fully saturated rings. The van der Waals surface area contributed by atoms with Crippen molar-refractivity contribution in [1.29, 1.82) is 0 Å². The van der Waals surface area contributed by atoms with Crippen LogP contribution in [0.4, 0.5) is 5.69 Å². The number of benzene rings is 2. The van der Waals surface area contributed by atoms with Crippen LogP contribution in [0.1, 0.15) is 11.1 Å². The molecule has 7 heteroatoms. The van der Waals surface area contributed by atoms with Crippen molar-refractivity contribution in [2.45, 2.75) is 13.3 Å². The Morgan fingerprint density at radius 2 is 1.83 bits per heavy atom. The molecule has 0 atom stereocenters. The number of nitro benzene ring substituents is 1. The van der Waals surface area contributed by atoms with Gasteiger partial charge in [0, 0.05) is 11.6 Å². The van der Waals surface area contributed by atoms with Gasteiger partial charge in [0.05, 0.1) is 18.5 Å². The van der Waals surface area contributed by atoms with E-state index >= 15 is 0 Å². The monoisotopic (exact) mass is 316 g/mol. The number of methoxy groups -OCH3 is 1. The molecule has 2 rings (SSSR count). The third-order valence-electron chi connectivity index (χ3n) is 3.22. The zero-order chi connectivity index (χ0) is 17.0. The number of ether oxygens (including phenoxy) is 2. The van der Waals surface area contributed by atoms with Crippen LogP contribution in [0.15, 0.2) is 36.4 Å². The summed E-state index contributed by atoms with van der Waals surface area (Å²) in [5.74, 6) is 1.02. The first-order valence-electron chi connectivity index (χ1n) is 6.79. The molecule has 23 heavy (non-hydrogen) atoms. The van der Waals surface area contributed by atoms with Crippen molar-refractivity contribution in [1.82, 2.24) is 0 Å². The molecule has 0 aliphatic heterocycles. The topological polar surface area (TPSA) is 105 Å². The van der Waals surface area contributed by atoms with E-state index in [1.165, 1.54) is 12.1 Å². The van der Waals surface area contributed by atoms with Crippen LogP contribution >= 0.6 is 0 Å². The zero-order valence-corrected chi connectivity index (χ0v) is 12.7. The van der Waals surface area contributed by atoms with Crippen LogP contribution in [0.2, 0.25) is 0 Å². The molecule has 2 aromatic rings. The minimum absolute atomic E-state index is 0.150. The number of rotatable bonds is 6. The van der Waals surface area contributed by atoms with Gasteiger partial charge in [0.2, 0.25) is 5.91 Å². The van der Waals surface area contributed by atoms with E-state index in [1.807, 2.05) is 0 Å². The standard InChI is InChI=1S/C16H16N2O5/c1-10-7-14(18(20)21)11(9-16(17)19)8-15(10)23-13-5-3-12(22-2)4-6-13/h3-8H,9H2,1-2H3,(H2,17,19). The van der Waals surface area contributed by atoms with Crippen LogP contribution in [-0.4, -0.2) is 17.9 Å². The Morgan fingerprint density at radius 1 is 1.22 bits per heavy atom. The SMILES string of the molecule is COc1ccc(Oc2cc(CC(N)=O)c([N+](=O)[O-])cc2C)cc1.